The van der Waals surface area contributed by atoms with Gasteiger partial charge in [-0.3, -0.25) is 0 Å². The molecular formula is C4H11AlNaO2. The summed E-state index contributed by atoms with van der Waals surface area (Å²) in [5.74, 6) is 0. The third kappa shape index (κ3) is 5.59. The van der Waals surface area contributed by atoms with Crippen LogP contribution in [0.15, 0.2) is 0 Å². The third-order valence-corrected chi connectivity index (χ3v) is 1.53. The summed E-state index contributed by atoms with van der Waals surface area (Å²) in [4.78, 5) is 0. The van der Waals surface area contributed by atoms with Crippen molar-refractivity contribution in [2.75, 3.05) is 14.2 Å². The number of hydrogen-bond donors (Lipinski definition) is 0. The molecule has 0 aliphatic heterocycles. The standard InChI is InChI=1S/C4H9O2.Al.Na.2H/c1-4(5-2)6-3;;;;/h4H,1H2,2-3H3;;;;. The summed E-state index contributed by atoms with van der Waals surface area (Å²) in [6.45, 7) is 0. The van der Waals surface area contributed by atoms with Crippen LogP contribution in [0.2, 0.25) is 5.28 Å². The summed E-state index contributed by atoms with van der Waals surface area (Å²) in [5, 5.41) is 1.05. The molecule has 0 aromatic carbocycles. The van der Waals surface area contributed by atoms with Crippen LogP contribution in [-0.4, -0.2) is 66.4 Å². The van der Waals surface area contributed by atoms with Crippen molar-refractivity contribution in [3.63, 3.8) is 0 Å². The van der Waals surface area contributed by atoms with Crippen molar-refractivity contribution in [1.29, 1.82) is 0 Å². The van der Waals surface area contributed by atoms with E-state index in [-0.39, 0.29) is 35.8 Å². The predicted molar refractivity (Wildman–Crippen MR) is 36.9 cm³/mol. The van der Waals surface area contributed by atoms with Crippen molar-refractivity contribution < 1.29 is 9.47 Å². The van der Waals surface area contributed by atoms with Gasteiger partial charge in [0.25, 0.3) is 0 Å². The maximum atomic E-state index is 4.86. The van der Waals surface area contributed by atoms with Gasteiger partial charge < -0.3 is 9.47 Å². The fourth-order valence-corrected chi connectivity index (χ4v) is 1.10. The first-order chi connectivity index (χ1) is 3.35. The van der Waals surface area contributed by atoms with Gasteiger partial charge in [0.1, 0.15) is 6.29 Å². The molecule has 43 valence electrons. The van der Waals surface area contributed by atoms with Crippen LogP contribution in [0.1, 0.15) is 0 Å². The molecule has 0 unspecified atom stereocenters. The molecule has 0 rings (SSSR count). The first kappa shape index (κ1) is 12.2. The van der Waals surface area contributed by atoms with Gasteiger partial charge in [0.15, 0.2) is 0 Å². The van der Waals surface area contributed by atoms with Crippen molar-refractivity contribution in [3.8, 4) is 0 Å². The van der Waals surface area contributed by atoms with Gasteiger partial charge in [-0.2, -0.15) is 0 Å². The van der Waals surface area contributed by atoms with Crippen molar-refractivity contribution in [2.45, 2.75) is 11.6 Å². The summed E-state index contributed by atoms with van der Waals surface area (Å²) in [7, 11) is 3.32. The van der Waals surface area contributed by atoms with E-state index in [9.17, 15) is 0 Å². The monoisotopic (exact) mass is 141 g/mol. The summed E-state index contributed by atoms with van der Waals surface area (Å²) in [6, 6.07) is 0. The molecule has 1 radical (unpaired) electrons. The number of methoxy groups -OCH3 is 2. The van der Waals surface area contributed by atoms with Gasteiger partial charge in [-0.15, -0.1) is 0 Å². The van der Waals surface area contributed by atoms with Crippen LogP contribution in [0.4, 0.5) is 0 Å². The van der Waals surface area contributed by atoms with Gasteiger partial charge in [-0.05, 0) is 0 Å². The number of rotatable bonds is 3. The Balaban J connectivity index is 0. The third-order valence-electron chi connectivity index (χ3n) is 0.859. The molecular weight excluding hydrogens is 130 g/mol. The minimum atomic E-state index is 0. The summed E-state index contributed by atoms with van der Waals surface area (Å²) < 4.78 is 9.72. The average molecular weight is 141 g/mol. The van der Waals surface area contributed by atoms with Crippen molar-refractivity contribution in [1.82, 2.24) is 0 Å². The maximum Gasteiger partial charge on any atom is 0.219 e. The Morgan fingerprint density at radius 2 is 1.75 bits per heavy atom. The van der Waals surface area contributed by atoms with Crippen molar-refractivity contribution >= 4 is 45.8 Å². The van der Waals surface area contributed by atoms with E-state index in [1.807, 2.05) is 0 Å². The zero-order valence-corrected chi connectivity index (χ0v) is 10.1. The molecule has 0 N–H and O–H groups in total. The maximum absolute atomic E-state index is 4.86. The second kappa shape index (κ2) is 8.45. The molecule has 0 aromatic rings. The molecule has 0 spiro atoms. The van der Waals surface area contributed by atoms with E-state index in [1.165, 1.54) is 0 Å². The first-order valence-electron chi connectivity index (χ1n) is 2.40. The van der Waals surface area contributed by atoms with Crippen LogP contribution in [0.25, 0.3) is 0 Å². The van der Waals surface area contributed by atoms with Gasteiger partial charge >= 0.3 is 0 Å². The molecule has 0 bridgehead atoms. The molecule has 0 saturated heterocycles. The first-order valence-corrected chi connectivity index (χ1v) is 3.82. The topological polar surface area (TPSA) is 18.5 Å². The molecule has 0 aromatic heterocycles. The Labute approximate surface area is 80.6 Å². The van der Waals surface area contributed by atoms with E-state index < -0.39 is 0 Å². The van der Waals surface area contributed by atoms with E-state index in [0.29, 0.717) is 0 Å². The molecule has 8 heavy (non-hydrogen) atoms. The minimum absolute atomic E-state index is 0. The molecule has 4 heteroatoms. The van der Waals surface area contributed by atoms with E-state index in [1.54, 1.807) is 14.2 Å². The molecule has 0 fully saturated rings. The van der Waals surface area contributed by atoms with E-state index in [0.717, 1.165) is 21.6 Å². The van der Waals surface area contributed by atoms with Gasteiger partial charge in [0.05, 0.1) is 0 Å². The Morgan fingerprint density at radius 3 is 1.75 bits per heavy atom. The average Bonchev–Trinajstić information content (AvgIpc) is 1.72. The Morgan fingerprint density at radius 1 is 1.38 bits per heavy atom. The van der Waals surface area contributed by atoms with Crippen LogP contribution in [0.3, 0.4) is 0 Å². The van der Waals surface area contributed by atoms with Crippen LogP contribution < -0.4 is 0 Å². The van der Waals surface area contributed by atoms with Gasteiger partial charge in [0, 0.05) is 43.8 Å². The van der Waals surface area contributed by atoms with Crippen LogP contribution in [0, 0.1) is 0 Å². The quantitative estimate of drug-likeness (QED) is 0.381. The Hall–Kier alpha value is 1.45. The van der Waals surface area contributed by atoms with Gasteiger partial charge in [0.2, 0.25) is 16.3 Å². The van der Waals surface area contributed by atoms with Crippen LogP contribution >= 0.6 is 0 Å². The molecule has 0 aliphatic rings. The number of ether oxygens (including phenoxy) is 2. The molecule has 2 nitrogen and oxygen atoms in total. The molecule has 0 amide bonds. The minimum Gasteiger partial charge on any atom is -0.357 e. The Bertz CT molecular complexity index is 35.5. The number of hydrogen-bond acceptors (Lipinski definition) is 2. The fraction of sp³-hybridized carbons (Fsp3) is 1.00. The summed E-state index contributed by atoms with van der Waals surface area (Å²) in [6.07, 6.45) is 0.0478. The molecule has 0 saturated carbocycles. The molecule has 0 atom stereocenters. The summed E-state index contributed by atoms with van der Waals surface area (Å²) in [5.41, 5.74) is 0. The zero-order chi connectivity index (χ0) is 5.70. The normalized spacial score (nSPS) is 8.88. The SMILES string of the molecule is COC([CH2][AlH2])OC.[Na]. The van der Waals surface area contributed by atoms with Crippen LogP contribution in [-0.2, 0) is 9.47 Å². The smallest absolute Gasteiger partial charge is 0.219 e. The zero-order valence-electron chi connectivity index (χ0n) is 6.10. The van der Waals surface area contributed by atoms with E-state index in [4.69, 9.17) is 9.47 Å². The van der Waals surface area contributed by atoms with E-state index >= 15 is 0 Å². The second-order valence-electron chi connectivity index (χ2n) is 1.31. The fourth-order valence-electron chi connectivity index (χ4n) is 0.430. The predicted octanol–water partition coefficient (Wildman–Crippen LogP) is -0.724. The second-order valence-corrected chi connectivity index (χ2v) is 2.13. The van der Waals surface area contributed by atoms with Gasteiger partial charge in [-0.25, -0.2) is 0 Å². The van der Waals surface area contributed by atoms with Crippen LogP contribution in [0.5, 0.6) is 0 Å². The summed E-state index contributed by atoms with van der Waals surface area (Å²) >= 11 is 1.14. The molecule has 0 aliphatic carbocycles. The largest absolute Gasteiger partial charge is 0.357 e. The van der Waals surface area contributed by atoms with Crippen molar-refractivity contribution in [3.05, 3.63) is 0 Å². The van der Waals surface area contributed by atoms with Crippen molar-refractivity contribution in [2.24, 2.45) is 0 Å². The van der Waals surface area contributed by atoms with E-state index in [2.05, 4.69) is 0 Å². The molecule has 0 heterocycles. The Kier molecular flexibility index (Phi) is 12.8. The van der Waals surface area contributed by atoms with Gasteiger partial charge in [-0.1, -0.05) is 5.28 Å².